The van der Waals surface area contributed by atoms with Crippen molar-refractivity contribution in [1.82, 2.24) is 0 Å². The number of esters is 1. The van der Waals surface area contributed by atoms with Crippen LogP contribution < -0.4 is 0 Å². The highest BCUT2D eigenvalue weighted by Crippen LogP contribution is 2.20. The van der Waals surface area contributed by atoms with Crippen LogP contribution >= 0.6 is 0 Å². The molecule has 0 spiro atoms. The van der Waals surface area contributed by atoms with Crippen molar-refractivity contribution in [3.8, 4) is 0 Å². The molecule has 3 nitrogen and oxygen atoms in total. The van der Waals surface area contributed by atoms with Crippen molar-refractivity contribution in [2.45, 2.75) is 26.4 Å². The van der Waals surface area contributed by atoms with Crippen LogP contribution in [0, 0.1) is 0 Å². The monoisotopic (exact) mass is 234 g/mol. The van der Waals surface area contributed by atoms with E-state index in [2.05, 4.69) is 0 Å². The fraction of sp³-hybridized carbons (Fsp3) is 0.357. The Balaban J connectivity index is 2.57. The first-order chi connectivity index (χ1) is 8.13. The zero-order valence-corrected chi connectivity index (χ0v) is 10.2. The zero-order valence-electron chi connectivity index (χ0n) is 10.2. The summed E-state index contributed by atoms with van der Waals surface area (Å²) in [6.07, 6.45) is 1.28. The molecular weight excluding hydrogens is 216 g/mol. The van der Waals surface area contributed by atoms with E-state index in [-0.39, 0.29) is 5.97 Å². The van der Waals surface area contributed by atoms with Gasteiger partial charge in [-0.1, -0.05) is 35.9 Å². The van der Waals surface area contributed by atoms with Crippen LogP contribution in [0.15, 0.2) is 42.0 Å². The lowest BCUT2D eigenvalue weighted by Crippen LogP contribution is -2.03. The minimum Gasteiger partial charge on any atom is -0.463 e. The minimum atomic E-state index is -0.582. The number of aliphatic hydroxyl groups is 1. The van der Waals surface area contributed by atoms with Gasteiger partial charge in [-0.05, 0) is 25.8 Å². The molecule has 0 amide bonds. The average molecular weight is 234 g/mol. The summed E-state index contributed by atoms with van der Waals surface area (Å²) in [6, 6.07) is 9.38. The molecule has 1 rings (SSSR count). The van der Waals surface area contributed by atoms with E-state index >= 15 is 0 Å². The predicted molar refractivity (Wildman–Crippen MR) is 66.4 cm³/mol. The number of hydrogen-bond donors (Lipinski definition) is 1. The fourth-order valence-electron chi connectivity index (χ4n) is 1.54. The van der Waals surface area contributed by atoms with Gasteiger partial charge >= 0.3 is 5.97 Å². The second-order valence-corrected chi connectivity index (χ2v) is 3.87. The molecule has 17 heavy (non-hydrogen) atoms. The zero-order chi connectivity index (χ0) is 12.7. The third-order valence-electron chi connectivity index (χ3n) is 2.35. The first-order valence-corrected chi connectivity index (χ1v) is 5.70. The molecule has 0 fully saturated rings. The van der Waals surface area contributed by atoms with Crippen molar-refractivity contribution < 1.29 is 14.6 Å². The van der Waals surface area contributed by atoms with Gasteiger partial charge in [0, 0.05) is 6.08 Å². The summed E-state index contributed by atoms with van der Waals surface area (Å²) in [4.78, 5) is 11.2. The van der Waals surface area contributed by atoms with Crippen molar-refractivity contribution in [3.05, 3.63) is 47.5 Å². The third-order valence-corrected chi connectivity index (χ3v) is 2.35. The molecule has 0 heterocycles. The van der Waals surface area contributed by atoms with Crippen LogP contribution in [-0.4, -0.2) is 17.7 Å². The molecule has 0 saturated carbocycles. The lowest BCUT2D eigenvalue weighted by molar-refractivity contribution is -0.137. The Morgan fingerprint density at radius 1 is 1.41 bits per heavy atom. The topological polar surface area (TPSA) is 46.5 Å². The summed E-state index contributed by atoms with van der Waals surface area (Å²) in [5, 5.41) is 9.94. The molecule has 0 bridgehead atoms. The smallest absolute Gasteiger partial charge is 0.330 e. The Bertz CT molecular complexity index is 382. The Hall–Kier alpha value is -1.61. The molecule has 3 heteroatoms. The number of hydrogen-bond acceptors (Lipinski definition) is 3. The van der Waals surface area contributed by atoms with Crippen LogP contribution in [0.1, 0.15) is 31.9 Å². The van der Waals surface area contributed by atoms with E-state index in [1.165, 1.54) is 6.08 Å². The van der Waals surface area contributed by atoms with Gasteiger partial charge in [-0.3, -0.25) is 0 Å². The van der Waals surface area contributed by atoms with Crippen LogP contribution in [0.2, 0.25) is 0 Å². The van der Waals surface area contributed by atoms with Crippen LogP contribution in [-0.2, 0) is 9.53 Å². The van der Waals surface area contributed by atoms with Crippen LogP contribution in [0.4, 0.5) is 0 Å². The Labute approximate surface area is 102 Å². The van der Waals surface area contributed by atoms with Crippen LogP contribution in [0.5, 0.6) is 0 Å². The molecule has 0 aliphatic heterocycles. The number of aliphatic hydroxyl groups excluding tert-OH is 1. The van der Waals surface area contributed by atoms with Crippen molar-refractivity contribution in [3.63, 3.8) is 0 Å². The summed E-state index contributed by atoms with van der Waals surface area (Å²) in [5.74, 6) is -0.356. The molecule has 92 valence electrons. The lowest BCUT2D eigenvalue weighted by atomic mass is 10.0. The molecular formula is C14H18O3. The quantitative estimate of drug-likeness (QED) is 0.629. The molecule has 1 N–H and O–H groups in total. The highest BCUT2D eigenvalue weighted by Gasteiger charge is 2.08. The fourth-order valence-corrected chi connectivity index (χ4v) is 1.54. The first kappa shape index (κ1) is 13.5. The van der Waals surface area contributed by atoms with Crippen molar-refractivity contribution in [2.24, 2.45) is 0 Å². The maximum atomic E-state index is 11.2. The Morgan fingerprint density at radius 2 is 2.06 bits per heavy atom. The normalized spacial score (nSPS) is 13.2. The maximum Gasteiger partial charge on any atom is 0.330 e. The van der Waals surface area contributed by atoms with E-state index in [0.29, 0.717) is 13.0 Å². The molecule has 0 saturated heterocycles. The van der Waals surface area contributed by atoms with Gasteiger partial charge in [0.2, 0.25) is 0 Å². The number of benzene rings is 1. The Morgan fingerprint density at radius 3 is 2.65 bits per heavy atom. The molecule has 1 aromatic carbocycles. The van der Waals surface area contributed by atoms with Gasteiger partial charge in [0.1, 0.15) is 0 Å². The van der Waals surface area contributed by atoms with Gasteiger partial charge in [-0.25, -0.2) is 4.79 Å². The maximum absolute atomic E-state index is 11.2. The van der Waals surface area contributed by atoms with Crippen LogP contribution in [0.25, 0.3) is 0 Å². The summed E-state index contributed by atoms with van der Waals surface area (Å²) in [5.41, 5.74) is 1.66. The summed E-state index contributed by atoms with van der Waals surface area (Å²) in [7, 11) is 0. The number of carbonyl (C=O) groups is 1. The standard InChI is InChI=1S/C14H18O3/c1-3-17-14(16)10-11(2)9-13(15)12-7-5-4-6-8-12/h4-8,10,13,15H,3,9H2,1-2H3/b11-10+. The van der Waals surface area contributed by atoms with E-state index in [0.717, 1.165) is 11.1 Å². The minimum absolute atomic E-state index is 0.356. The second kappa shape index (κ2) is 6.86. The molecule has 0 aromatic heterocycles. The van der Waals surface area contributed by atoms with Crippen LogP contribution in [0.3, 0.4) is 0 Å². The average Bonchev–Trinajstić information content (AvgIpc) is 2.30. The van der Waals surface area contributed by atoms with Gasteiger partial charge in [0.25, 0.3) is 0 Å². The van der Waals surface area contributed by atoms with Gasteiger partial charge in [-0.2, -0.15) is 0 Å². The highest BCUT2D eigenvalue weighted by atomic mass is 16.5. The number of ether oxygens (including phenoxy) is 1. The second-order valence-electron chi connectivity index (χ2n) is 3.87. The van der Waals surface area contributed by atoms with E-state index in [1.54, 1.807) is 6.92 Å². The molecule has 0 radical (unpaired) electrons. The van der Waals surface area contributed by atoms with Gasteiger partial charge in [0.15, 0.2) is 0 Å². The largest absolute Gasteiger partial charge is 0.463 e. The third kappa shape index (κ3) is 4.83. The molecule has 1 aromatic rings. The summed E-state index contributed by atoms with van der Waals surface area (Å²) < 4.78 is 4.80. The van der Waals surface area contributed by atoms with Gasteiger partial charge in [0.05, 0.1) is 12.7 Å². The summed E-state index contributed by atoms with van der Waals surface area (Å²) in [6.45, 7) is 3.94. The van der Waals surface area contributed by atoms with Crippen molar-refractivity contribution in [1.29, 1.82) is 0 Å². The Kier molecular flexibility index (Phi) is 5.43. The first-order valence-electron chi connectivity index (χ1n) is 5.70. The SMILES string of the molecule is CCOC(=O)/C=C(\C)CC(O)c1ccccc1. The number of rotatable bonds is 5. The van der Waals surface area contributed by atoms with Crippen molar-refractivity contribution in [2.75, 3.05) is 6.61 Å². The highest BCUT2D eigenvalue weighted by molar-refractivity contribution is 5.82. The molecule has 0 aliphatic rings. The van der Waals surface area contributed by atoms with Gasteiger partial charge < -0.3 is 9.84 Å². The number of carbonyl (C=O) groups excluding carboxylic acids is 1. The van der Waals surface area contributed by atoms with E-state index < -0.39 is 6.10 Å². The van der Waals surface area contributed by atoms with E-state index in [4.69, 9.17) is 4.74 Å². The van der Waals surface area contributed by atoms with Gasteiger partial charge in [-0.15, -0.1) is 0 Å². The molecule has 1 atom stereocenters. The summed E-state index contributed by atoms with van der Waals surface area (Å²) >= 11 is 0. The molecule has 0 aliphatic carbocycles. The molecule has 1 unspecified atom stereocenters. The lowest BCUT2D eigenvalue weighted by Gasteiger charge is -2.10. The van der Waals surface area contributed by atoms with Crippen molar-refractivity contribution >= 4 is 5.97 Å². The predicted octanol–water partition coefficient (Wildman–Crippen LogP) is 2.62. The van der Waals surface area contributed by atoms with E-state index in [9.17, 15) is 9.90 Å². The van der Waals surface area contributed by atoms with E-state index in [1.807, 2.05) is 37.3 Å².